The van der Waals surface area contributed by atoms with Crippen LogP contribution < -0.4 is 9.47 Å². The smallest absolute Gasteiger partial charge is 0.342 e. The van der Waals surface area contributed by atoms with E-state index in [0.717, 1.165) is 0 Å². The molecule has 0 unspecified atom stereocenters. The van der Waals surface area contributed by atoms with Crippen LogP contribution in [-0.2, 0) is 9.53 Å². The number of methoxy groups -OCH3 is 1. The molecular formula is C16H12O6. The number of carbonyl (C=O) groups is 2. The summed E-state index contributed by atoms with van der Waals surface area (Å²) < 4.78 is 20.2. The lowest BCUT2D eigenvalue weighted by atomic mass is 10.0. The maximum Gasteiger partial charge on any atom is 0.342 e. The third kappa shape index (κ3) is 2.58. The number of rotatable bonds is 4. The molecule has 0 N–H and O–H groups in total. The van der Waals surface area contributed by atoms with Gasteiger partial charge in [0.1, 0.15) is 11.3 Å². The highest BCUT2D eigenvalue weighted by molar-refractivity contribution is 6.26. The third-order valence-electron chi connectivity index (χ3n) is 3.11. The molecule has 0 spiro atoms. The van der Waals surface area contributed by atoms with Crippen molar-refractivity contribution in [3.8, 4) is 11.5 Å². The van der Waals surface area contributed by atoms with Gasteiger partial charge < -0.3 is 18.6 Å². The van der Waals surface area contributed by atoms with E-state index in [-0.39, 0.29) is 12.4 Å². The molecule has 6 heteroatoms. The van der Waals surface area contributed by atoms with E-state index in [4.69, 9.17) is 13.9 Å². The normalized spacial score (nSPS) is 13.0. The van der Waals surface area contributed by atoms with Gasteiger partial charge in [-0.15, -0.1) is 0 Å². The molecule has 2 aromatic rings. The van der Waals surface area contributed by atoms with Gasteiger partial charge in [-0.2, -0.15) is 0 Å². The van der Waals surface area contributed by atoms with Crippen LogP contribution in [0.25, 0.3) is 6.08 Å². The average Bonchev–Trinajstić information content (AvgIpc) is 3.21. The minimum atomic E-state index is -0.737. The molecule has 1 aliphatic rings. The molecule has 2 heterocycles. The SMILES string of the molecule is COC(=O)/C(=C\c1ccco1)C(=O)c1ccc2c(c1)OCO2. The van der Waals surface area contributed by atoms with Gasteiger partial charge in [-0.3, -0.25) is 4.79 Å². The van der Waals surface area contributed by atoms with E-state index in [1.54, 1.807) is 24.3 Å². The van der Waals surface area contributed by atoms with Crippen molar-refractivity contribution in [2.75, 3.05) is 13.9 Å². The summed E-state index contributed by atoms with van der Waals surface area (Å²) in [5.41, 5.74) is 0.170. The number of Topliss-reactive ketones (excluding diaryl/α,β-unsaturated/α-hetero) is 1. The molecule has 0 aliphatic carbocycles. The maximum absolute atomic E-state index is 12.6. The Balaban J connectivity index is 1.97. The Morgan fingerprint density at radius 3 is 2.73 bits per heavy atom. The van der Waals surface area contributed by atoms with Crippen LogP contribution in [0.1, 0.15) is 16.1 Å². The van der Waals surface area contributed by atoms with Gasteiger partial charge in [0.15, 0.2) is 11.5 Å². The second kappa shape index (κ2) is 5.77. The number of hydrogen-bond donors (Lipinski definition) is 0. The van der Waals surface area contributed by atoms with E-state index in [1.807, 2.05) is 0 Å². The van der Waals surface area contributed by atoms with Crippen molar-refractivity contribution in [1.82, 2.24) is 0 Å². The Morgan fingerprint density at radius 2 is 2.00 bits per heavy atom. The van der Waals surface area contributed by atoms with Crippen LogP contribution in [0.5, 0.6) is 11.5 Å². The van der Waals surface area contributed by atoms with Gasteiger partial charge in [-0.05, 0) is 36.4 Å². The number of hydrogen-bond acceptors (Lipinski definition) is 6. The number of fused-ring (bicyclic) bond motifs is 1. The fraction of sp³-hybridized carbons (Fsp3) is 0.125. The van der Waals surface area contributed by atoms with Crippen molar-refractivity contribution in [1.29, 1.82) is 0 Å². The van der Waals surface area contributed by atoms with E-state index in [9.17, 15) is 9.59 Å². The van der Waals surface area contributed by atoms with Crippen LogP contribution in [0.2, 0.25) is 0 Å². The molecule has 0 atom stereocenters. The number of esters is 1. The van der Waals surface area contributed by atoms with Gasteiger partial charge in [0.2, 0.25) is 12.6 Å². The van der Waals surface area contributed by atoms with E-state index < -0.39 is 11.8 Å². The zero-order chi connectivity index (χ0) is 15.5. The van der Waals surface area contributed by atoms with Crippen LogP contribution in [0.4, 0.5) is 0 Å². The van der Waals surface area contributed by atoms with Gasteiger partial charge in [-0.25, -0.2) is 4.79 Å². The van der Waals surface area contributed by atoms with Crippen molar-refractivity contribution in [3.63, 3.8) is 0 Å². The molecule has 0 fully saturated rings. The fourth-order valence-electron chi connectivity index (χ4n) is 2.04. The minimum Gasteiger partial charge on any atom is -0.465 e. The summed E-state index contributed by atoms with van der Waals surface area (Å²) in [6.07, 6.45) is 2.80. The molecule has 112 valence electrons. The lowest BCUT2D eigenvalue weighted by molar-refractivity contribution is -0.135. The summed E-state index contributed by atoms with van der Waals surface area (Å²) in [6.45, 7) is 0.110. The van der Waals surface area contributed by atoms with E-state index >= 15 is 0 Å². The average molecular weight is 300 g/mol. The summed E-state index contributed by atoms with van der Waals surface area (Å²) in [6, 6.07) is 8.01. The molecule has 1 aromatic heterocycles. The number of ketones is 1. The first kappa shape index (κ1) is 13.9. The zero-order valence-corrected chi connectivity index (χ0v) is 11.7. The Hall–Kier alpha value is -3.02. The molecule has 22 heavy (non-hydrogen) atoms. The predicted octanol–water partition coefficient (Wildman–Crippen LogP) is 2.45. The fourth-order valence-corrected chi connectivity index (χ4v) is 2.04. The first-order valence-corrected chi connectivity index (χ1v) is 6.47. The number of furan rings is 1. The highest BCUT2D eigenvalue weighted by atomic mass is 16.7. The first-order chi connectivity index (χ1) is 10.7. The summed E-state index contributed by atoms with van der Waals surface area (Å²) in [7, 11) is 1.21. The first-order valence-electron chi connectivity index (χ1n) is 6.47. The zero-order valence-electron chi connectivity index (χ0n) is 11.7. The molecule has 0 radical (unpaired) electrons. The largest absolute Gasteiger partial charge is 0.465 e. The standard InChI is InChI=1S/C16H12O6/c1-19-16(18)12(8-11-3-2-6-20-11)15(17)10-4-5-13-14(7-10)22-9-21-13/h2-8H,9H2,1H3/b12-8-. The topological polar surface area (TPSA) is 75.0 Å². The summed E-state index contributed by atoms with van der Waals surface area (Å²) in [5, 5.41) is 0. The predicted molar refractivity (Wildman–Crippen MR) is 75.6 cm³/mol. The molecule has 3 rings (SSSR count). The highest BCUT2D eigenvalue weighted by Crippen LogP contribution is 2.33. The van der Waals surface area contributed by atoms with Crippen LogP contribution in [0.15, 0.2) is 46.6 Å². The molecule has 0 saturated carbocycles. The number of ether oxygens (including phenoxy) is 3. The van der Waals surface area contributed by atoms with Crippen molar-refractivity contribution in [3.05, 3.63) is 53.5 Å². The van der Waals surface area contributed by atoms with Crippen molar-refractivity contribution < 1.29 is 28.2 Å². The molecule has 6 nitrogen and oxygen atoms in total. The quantitative estimate of drug-likeness (QED) is 0.284. The molecule has 0 bridgehead atoms. The monoisotopic (exact) mass is 300 g/mol. The Labute approximate surface area is 125 Å². The van der Waals surface area contributed by atoms with E-state index in [0.29, 0.717) is 22.8 Å². The van der Waals surface area contributed by atoms with Crippen LogP contribution >= 0.6 is 0 Å². The van der Waals surface area contributed by atoms with Crippen molar-refractivity contribution in [2.45, 2.75) is 0 Å². The second-order valence-electron chi connectivity index (χ2n) is 4.46. The van der Waals surface area contributed by atoms with Gasteiger partial charge in [-0.1, -0.05) is 0 Å². The number of carbonyl (C=O) groups excluding carboxylic acids is 2. The van der Waals surface area contributed by atoms with Gasteiger partial charge >= 0.3 is 5.97 Å². The lowest BCUT2D eigenvalue weighted by Crippen LogP contribution is -2.14. The Morgan fingerprint density at radius 1 is 1.18 bits per heavy atom. The van der Waals surface area contributed by atoms with E-state index in [1.165, 1.54) is 25.5 Å². The summed E-state index contributed by atoms with van der Waals surface area (Å²) in [4.78, 5) is 24.4. The lowest BCUT2D eigenvalue weighted by Gasteiger charge is -2.05. The maximum atomic E-state index is 12.6. The third-order valence-corrected chi connectivity index (χ3v) is 3.11. The molecule has 0 amide bonds. The summed E-state index contributed by atoms with van der Waals surface area (Å²) in [5.74, 6) is 0.189. The van der Waals surface area contributed by atoms with E-state index in [2.05, 4.69) is 4.74 Å². The molecule has 1 aliphatic heterocycles. The second-order valence-corrected chi connectivity index (χ2v) is 4.46. The van der Waals surface area contributed by atoms with Gasteiger partial charge in [0.05, 0.1) is 13.4 Å². The Bertz CT molecular complexity index is 742. The van der Waals surface area contributed by atoms with Crippen LogP contribution in [0, 0.1) is 0 Å². The number of benzene rings is 1. The highest BCUT2D eigenvalue weighted by Gasteiger charge is 2.23. The molecule has 1 aromatic carbocycles. The Kier molecular flexibility index (Phi) is 3.65. The molecule has 0 saturated heterocycles. The van der Waals surface area contributed by atoms with Gasteiger partial charge in [0, 0.05) is 5.56 Å². The molecular weight excluding hydrogens is 288 g/mol. The van der Waals surface area contributed by atoms with Gasteiger partial charge in [0.25, 0.3) is 0 Å². The van der Waals surface area contributed by atoms with Crippen LogP contribution in [-0.4, -0.2) is 25.7 Å². The minimum absolute atomic E-state index is 0.110. The van der Waals surface area contributed by atoms with Crippen molar-refractivity contribution in [2.24, 2.45) is 0 Å². The van der Waals surface area contributed by atoms with Crippen molar-refractivity contribution >= 4 is 17.8 Å². The summed E-state index contributed by atoms with van der Waals surface area (Å²) >= 11 is 0. The van der Waals surface area contributed by atoms with Crippen LogP contribution in [0.3, 0.4) is 0 Å².